The number of hydrogen-bond donors (Lipinski definition) is 1. The number of rotatable bonds is 10. The van der Waals surface area contributed by atoms with E-state index in [1.54, 1.807) is 19.2 Å². The first-order valence-electron chi connectivity index (χ1n) is 14.1. The first-order valence-corrected chi connectivity index (χ1v) is 14.1. The fourth-order valence-electron chi connectivity index (χ4n) is 4.54. The minimum Gasteiger partial charge on any atom is -0.493 e. The molecule has 0 aliphatic heterocycles. The summed E-state index contributed by atoms with van der Waals surface area (Å²) >= 11 is 0. The molecule has 218 valence electrons. The fraction of sp³-hybridized carbons (Fsp3) is 0.257. The summed E-state index contributed by atoms with van der Waals surface area (Å²) in [7, 11) is 0. The molecule has 8 nitrogen and oxygen atoms in total. The summed E-state index contributed by atoms with van der Waals surface area (Å²) in [4.78, 5) is 22.2. The number of amides is 1. The van der Waals surface area contributed by atoms with Crippen LogP contribution in [0.25, 0.3) is 10.8 Å². The molecule has 2 heterocycles. The van der Waals surface area contributed by atoms with Gasteiger partial charge in [0.15, 0.2) is 5.82 Å². The molecule has 5 aromatic rings. The van der Waals surface area contributed by atoms with Crippen molar-refractivity contribution in [3.8, 4) is 29.6 Å². The minimum absolute atomic E-state index is 0.0644. The SMILES string of the molecule is C#CCCOc1ccc(C[C@H](NC(=O)c2cc3cc(Oc4ccc(C(C)(C)C)cc4)ccc3cn2)c2nc(C)no2)cc1. The molecule has 0 saturated heterocycles. The molecule has 5 rings (SSSR count). The lowest BCUT2D eigenvalue weighted by Gasteiger charge is -2.19. The number of aryl methyl sites for hydroxylation is 1. The average molecular weight is 575 g/mol. The van der Waals surface area contributed by atoms with Crippen molar-refractivity contribution in [1.82, 2.24) is 20.4 Å². The van der Waals surface area contributed by atoms with E-state index in [0.29, 0.717) is 36.9 Å². The Kier molecular flexibility index (Phi) is 8.72. The zero-order chi connectivity index (χ0) is 30.4. The Labute approximate surface area is 251 Å². The van der Waals surface area contributed by atoms with Gasteiger partial charge in [-0.15, -0.1) is 12.3 Å². The van der Waals surface area contributed by atoms with Gasteiger partial charge in [0.2, 0.25) is 5.89 Å². The van der Waals surface area contributed by atoms with Gasteiger partial charge in [-0.2, -0.15) is 4.98 Å². The van der Waals surface area contributed by atoms with Crippen molar-refractivity contribution in [2.75, 3.05) is 6.61 Å². The van der Waals surface area contributed by atoms with Gasteiger partial charge in [0.1, 0.15) is 29.0 Å². The van der Waals surface area contributed by atoms with Crippen molar-refractivity contribution in [3.63, 3.8) is 0 Å². The van der Waals surface area contributed by atoms with Crippen LogP contribution >= 0.6 is 0 Å². The number of pyridine rings is 1. The number of nitrogens with one attached hydrogen (secondary N) is 1. The van der Waals surface area contributed by atoms with Crippen LogP contribution in [0.2, 0.25) is 0 Å². The third-order valence-corrected chi connectivity index (χ3v) is 6.91. The van der Waals surface area contributed by atoms with E-state index >= 15 is 0 Å². The van der Waals surface area contributed by atoms with E-state index in [-0.39, 0.29) is 17.0 Å². The predicted octanol–water partition coefficient (Wildman–Crippen LogP) is 7.13. The zero-order valence-electron chi connectivity index (χ0n) is 24.8. The molecular weight excluding hydrogens is 540 g/mol. The predicted molar refractivity (Wildman–Crippen MR) is 165 cm³/mol. The van der Waals surface area contributed by atoms with E-state index < -0.39 is 6.04 Å². The van der Waals surface area contributed by atoms with E-state index in [4.69, 9.17) is 20.4 Å². The van der Waals surface area contributed by atoms with Crippen molar-refractivity contribution in [3.05, 3.63) is 108 Å². The number of fused-ring (bicyclic) bond motifs is 1. The van der Waals surface area contributed by atoms with Crippen molar-refractivity contribution >= 4 is 16.7 Å². The van der Waals surface area contributed by atoms with Gasteiger partial charge >= 0.3 is 0 Å². The zero-order valence-corrected chi connectivity index (χ0v) is 24.8. The van der Waals surface area contributed by atoms with Crippen LogP contribution in [0.3, 0.4) is 0 Å². The Morgan fingerprint density at radius 1 is 0.977 bits per heavy atom. The van der Waals surface area contributed by atoms with E-state index in [9.17, 15) is 4.79 Å². The van der Waals surface area contributed by atoms with Crippen molar-refractivity contribution in [1.29, 1.82) is 0 Å². The number of nitrogens with zero attached hydrogens (tertiary/aromatic N) is 3. The van der Waals surface area contributed by atoms with Crippen LogP contribution in [0.5, 0.6) is 17.2 Å². The average Bonchev–Trinajstić information content (AvgIpc) is 3.43. The summed E-state index contributed by atoms with van der Waals surface area (Å²) in [5.74, 6) is 5.12. The molecule has 8 heteroatoms. The van der Waals surface area contributed by atoms with Crippen LogP contribution in [0.4, 0.5) is 0 Å². The molecule has 0 unspecified atom stereocenters. The number of benzene rings is 3. The van der Waals surface area contributed by atoms with Crippen molar-refractivity contribution < 1.29 is 18.8 Å². The Balaban J connectivity index is 1.32. The van der Waals surface area contributed by atoms with Gasteiger partial charge in [0.25, 0.3) is 5.91 Å². The highest BCUT2D eigenvalue weighted by Gasteiger charge is 2.23. The Morgan fingerprint density at radius 2 is 1.70 bits per heavy atom. The molecule has 1 atom stereocenters. The minimum atomic E-state index is -0.565. The van der Waals surface area contributed by atoms with Gasteiger partial charge in [0.05, 0.1) is 6.61 Å². The molecule has 1 amide bonds. The molecule has 0 aliphatic rings. The van der Waals surface area contributed by atoms with Crippen LogP contribution in [-0.4, -0.2) is 27.6 Å². The summed E-state index contributed by atoms with van der Waals surface area (Å²) in [6, 6.07) is 22.6. The maximum absolute atomic E-state index is 13.4. The van der Waals surface area contributed by atoms with Gasteiger partial charge in [-0.1, -0.05) is 50.2 Å². The highest BCUT2D eigenvalue weighted by atomic mass is 16.5. The highest BCUT2D eigenvalue weighted by Crippen LogP contribution is 2.29. The third kappa shape index (κ3) is 7.57. The third-order valence-electron chi connectivity index (χ3n) is 6.91. The lowest BCUT2D eigenvalue weighted by atomic mass is 9.87. The summed E-state index contributed by atoms with van der Waals surface area (Å²) < 4.78 is 17.2. The second-order valence-electron chi connectivity index (χ2n) is 11.3. The number of carbonyl (C=O) groups excluding carboxylic acids is 1. The maximum atomic E-state index is 13.4. The van der Waals surface area contributed by atoms with E-state index in [2.05, 4.69) is 59.3 Å². The van der Waals surface area contributed by atoms with E-state index in [1.807, 2.05) is 54.6 Å². The molecule has 0 spiro atoms. The van der Waals surface area contributed by atoms with Crippen LogP contribution in [0.1, 0.15) is 66.6 Å². The number of carbonyl (C=O) groups is 1. The first-order chi connectivity index (χ1) is 20.7. The van der Waals surface area contributed by atoms with Gasteiger partial charge in [0, 0.05) is 24.4 Å². The number of terminal acetylenes is 1. The second kappa shape index (κ2) is 12.8. The van der Waals surface area contributed by atoms with E-state index in [1.165, 1.54) is 5.56 Å². The lowest BCUT2D eigenvalue weighted by Crippen LogP contribution is -2.31. The molecule has 0 saturated carbocycles. The smallest absolute Gasteiger partial charge is 0.270 e. The largest absolute Gasteiger partial charge is 0.493 e. The molecule has 2 aromatic heterocycles. The van der Waals surface area contributed by atoms with Crippen molar-refractivity contribution in [2.24, 2.45) is 0 Å². The standard InChI is InChI=1S/C35H34N4O4/c1-6-7-18-41-28-13-8-24(9-14-28)19-32(34-37-23(2)39-43-34)38-33(40)31-21-26-20-30(15-10-25(26)22-36-31)42-29-16-11-27(12-17-29)35(3,4)5/h1,8-17,20-22,32H,7,18-19H2,2-5H3,(H,38,40)/t32-/m0/s1. The molecular formula is C35H34N4O4. The Morgan fingerprint density at radius 3 is 2.37 bits per heavy atom. The van der Waals surface area contributed by atoms with Gasteiger partial charge in [-0.05, 0) is 77.4 Å². The quantitative estimate of drug-likeness (QED) is 0.140. The second-order valence-corrected chi connectivity index (χ2v) is 11.3. The molecule has 0 bridgehead atoms. The van der Waals surface area contributed by atoms with Crippen LogP contribution in [0.15, 0.2) is 83.5 Å². The lowest BCUT2D eigenvalue weighted by molar-refractivity contribution is 0.0923. The number of hydrogen-bond acceptors (Lipinski definition) is 7. The summed E-state index contributed by atoms with van der Waals surface area (Å²) in [6.45, 7) is 8.72. The van der Waals surface area contributed by atoms with Crippen LogP contribution in [0, 0.1) is 19.3 Å². The maximum Gasteiger partial charge on any atom is 0.270 e. The monoisotopic (exact) mass is 574 g/mol. The topological polar surface area (TPSA) is 99.4 Å². The first kappa shape index (κ1) is 29.3. The van der Waals surface area contributed by atoms with Gasteiger partial charge in [-0.3, -0.25) is 9.78 Å². The molecule has 0 fully saturated rings. The molecule has 0 aliphatic carbocycles. The summed E-state index contributed by atoms with van der Waals surface area (Å²) in [5.41, 5.74) is 2.51. The molecule has 1 N–H and O–H groups in total. The van der Waals surface area contributed by atoms with Crippen LogP contribution in [-0.2, 0) is 11.8 Å². The highest BCUT2D eigenvalue weighted by molar-refractivity contribution is 5.96. The normalized spacial score (nSPS) is 12.0. The van der Waals surface area contributed by atoms with Gasteiger partial charge < -0.3 is 19.3 Å². The van der Waals surface area contributed by atoms with Crippen molar-refractivity contribution in [2.45, 2.75) is 52.0 Å². The summed E-state index contributed by atoms with van der Waals surface area (Å²) in [6.07, 6.45) is 7.94. The fourth-order valence-corrected chi connectivity index (χ4v) is 4.54. The molecule has 3 aromatic carbocycles. The number of aromatic nitrogens is 3. The van der Waals surface area contributed by atoms with Gasteiger partial charge in [-0.25, -0.2) is 0 Å². The van der Waals surface area contributed by atoms with E-state index in [0.717, 1.165) is 27.8 Å². The Bertz CT molecular complexity index is 1750. The van der Waals surface area contributed by atoms with Crippen LogP contribution < -0.4 is 14.8 Å². The summed E-state index contributed by atoms with van der Waals surface area (Å²) in [5, 5.41) is 8.65. The molecule has 43 heavy (non-hydrogen) atoms. The Hall–Kier alpha value is -5.16. The molecule has 0 radical (unpaired) electrons. The number of ether oxygens (including phenoxy) is 2.